The highest BCUT2D eigenvalue weighted by Crippen LogP contribution is 2.37. The average Bonchev–Trinajstić information content (AvgIpc) is 2.55. The van der Waals surface area contributed by atoms with Gasteiger partial charge in [0.15, 0.2) is 0 Å². The second-order valence-corrected chi connectivity index (χ2v) is 5.62. The van der Waals surface area contributed by atoms with E-state index in [0.717, 1.165) is 11.1 Å². The molecule has 0 aliphatic carbocycles. The Morgan fingerprint density at radius 1 is 0.652 bits per heavy atom. The van der Waals surface area contributed by atoms with Gasteiger partial charge in [-0.1, -0.05) is 60.7 Å². The van der Waals surface area contributed by atoms with E-state index in [9.17, 15) is 0 Å². The third-order valence-electron chi connectivity index (χ3n) is 3.80. The minimum absolute atomic E-state index is 0.847. The van der Waals surface area contributed by atoms with Crippen LogP contribution in [0.5, 0.6) is 0 Å². The molecule has 0 fully saturated rings. The lowest BCUT2D eigenvalue weighted by molar-refractivity contribution is 0.405. The Bertz CT molecular complexity index is 981. The molecule has 0 spiro atoms. The van der Waals surface area contributed by atoms with Gasteiger partial charge in [0.25, 0.3) is 0 Å². The molecule has 0 bridgehead atoms. The lowest BCUT2D eigenvalue weighted by atomic mass is 9.94. The van der Waals surface area contributed by atoms with Crippen molar-refractivity contribution >= 4 is 46.3 Å². The number of nitrogen functional groups attached to an aromatic ring is 1. The molecule has 0 heterocycles. The number of hydrogen-bond donors (Lipinski definition) is 3. The first-order chi connectivity index (χ1) is 11.1. The van der Waals surface area contributed by atoms with Crippen LogP contribution < -0.4 is 5.73 Å². The van der Waals surface area contributed by atoms with Crippen molar-refractivity contribution in [2.75, 3.05) is 5.73 Å². The predicted molar refractivity (Wildman–Crippen MR) is 95.4 cm³/mol. The number of anilines is 1. The van der Waals surface area contributed by atoms with Crippen LogP contribution in [0.4, 0.5) is 5.69 Å². The zero-order valence-electron chi connectivity index (χ0n) is 12.2. The molecule has 0 aliphatic rings. The maximum atomic E-state index is 8.70. The van der Waals surface area contributed by atoms with Crippen molar-refractivity contribution in [1.29, 1.82) is 0 Å². The van der Waals surface area contributed by atoms with Gasteiger partial charge in [0, 0.05) is 15.6 Å². The summed E-state index contributed by atoms with van der Waals surface area (Å²) >= 11 is 0. The summed E-state index contributed by atoms with van der Waals surface area (Å²) in [5, 5.41) is 7.45. The fourth-order valence-corrected chi connectivity index (χ4v) is 2.98. The van der Waals surface area contributed by atoms with Gasteiger partial charge in [0.05, 0.1) is 0 Å². The minimum atomic E-state index is -2.87. The van der Waals surface area contributed by atoms with E-state index in [-0.39, 0.29) is 0 Å². The summed E-state index contributed by atoms with van der Waals surface area (Å²) in [7, 11) is -2.87. The molecule has 0 atom stereocenters. The van der Waals surface area contributed by atoms with Crippen LogP contribution in [0.25, 0.3) is 32.3 Å². The zero-order valence-corrected chi connectivity index (χ0v) is 13.1. The molecule has 0 amide bonds. The van der Waals surface area contributed by atoms with Gasteiger partial charge in [0.1, 0.15) is 0 Å². The fraction of sp³-hybridized carbons (Fsp3) is 0. The first-order valence-electron chi connectivity index (χ1n) is 7.02. The van der Waals surface area contributed by atoms with Gasteiger partial charge >= 0.3 is 8.25 Å². The molecule has 5 heteroatoms. The molecular formula is C18H15NO3P+. The second kappa shape index (κ2) is 6.31. The van der Waals surface area contributed by atoms with E-state index in [4.69, 9.17) is 20.1 Å². The SMILES string of the molecule is Nc1cccc2c3ccccc3c3ccccc3c12.O=[P+](O)O. The standard InChI is InChI=1S/C18H13N.HO3P/c19-17-11-5-10-16-14-7-2-1-6-12(14)13-8-3-4-9-15(13)18(16)17;1-4(2)3/h1-11H,19H2;(H-,1,2,3)/p+1. The summed E-state index contributed by atoms with van der Waals surface area (Å²) in [6, 6.07) is 23.2. The summed E-state index contributed by atoms with van der Waals surface area (Å²) in [4.78, 5) is 14.2. The van der Waals surface area contributed by atoms with Crippen LogP contribution in [0, 0.1) is 0 Å². The average molecular weight is 324 g/mol. The highest BCUT2D eigenvalue weighted by molar-refractivity contribution is 7.30. The highest BCUT2D eigenvalue weighted by Gasteiger charge is 2.09. The molecule has 114 valence electrons. The number of hydrogen-bond acceptors (Lipinski definition) is 2. The van der Waals surface area contributed by atoms with Gasteiger partial charge in [-0.25, -0.2) is 0 Å². The van der Waals surface area contributed by atoms with Crippen molar-refractivity contribution in [1.82, 2.24) is 0 Å². The molecule has 23 heavy (non-hydrogen) atoms. The molecule has 0 aliphatic heterocycles. The molecular weight excluding hydrogens is 309 g/mol. The lowest BCUT2D eigenvalue weighted by Crippen LogP contribution is -1.89. The molecule has 0 unspecified atom stereocenters. The zero-order chi connectivity index (χ0) is 16.4. The van der Waals surface area contributed by atoms with E-state index in [1.54, 1.807) is 0 Å². The minimum Gasteiger partial charge on any atom is -0.398 e. The Labute approximate surface area is 133 Å². The maximum absolute atomic E-state index is 8.70. The van der Waals surface area contributed by atoms with Gasteiger partial charge in [-0.15, -0.1) is 9.79 Å². The van der Waals surface area contributed by atoms with Crippen LogP contribution in [0.3, 0.4) is 0 Å². The smallest absolute Gasteiger partial charge is 0.398 e. The third kappa shape index (κ3) is 2.88. The number of fused-ring (bicyclic) bond motifs is 6. The van der Waals surface area contributed by atoms with Crippen molar-refractivity contribution in [2.24, 2.45) is 0 Å². The van der Waals surface area contributed by atoms with E-state index in [0.29, 0.717) is 0 Å². The van der Waals surface area contributed by atoms with Gasteiger partial charge in [-0.2, -0.15) is 0 Å². The van der Waals surface area contributed by atoms with Crippen LogP contribution in [0.1, 0.15) is 0 Å². The Hall–Kier alpha value is -2.52. The van der Waals surface area contributed by atoms with Crippen LogP contribution >= 0.6 is 8.25 Å². The fourth-order valence-electron chi connectivity index (χ4n) is 2.98. The molecule has 0 aromatic heterocycles. The van der Waals surface area contributed by atoms with Crippen LogP contribution in [-0.4, -0.2) is 9.79 Å². The van der Waals surface area contributed by atoms with Gasteiger partial charge in [-0.05, 0) is 33.0 Å². The van der Waals surface area contributed by atoms with Crippen LogP contribution in [0.15, 0.2) is 66.7 Å². The molecule has 4 rings (SSSR count). The van der Waals surface area contributed by atoms with Gasteiger partial charge in [0.2, 0.25) is 0 Å². The first kappa shape index (κ1) is 15.4. The molecule has 0 saturated carbocycles. The van der Waals surface area contributed by atoms with E-state index < -0.39 is 8.25 Å². The van der Waals surface area contributed by atoms with Crippen LogP contribution in [-0.2, 0) is 4.57 Å². The maximum Gasteiger partial charge on any atom is 0.692 e. The summed E-state index contributed by atoms with van der Waals surface area (Å²) in [6.45, 7) is 0. The quantitative estimate of drug-likeness (QED) is 0.255. The summed E-state index contributed by atoms with van der Waals surface area (Å²) in [5.41, 5.74) is 7.06. The van der Waals surface area contributed by atoms with Gasteiger partial charge < -0.3 is 5.73 Å². The third-order valence-corrected chi connectivity index (χ3v) is 3.80. The second-order valence-electron chi connectivity index (χ2n) is 5.11. The Kier molecular flexibility index (Phi) is 4.22. The van der Waals surface area contributed by atoms with E-state index in [1.807, 2.05) is 12.1 Å². The van der Waals surface area contributed by atoms with E-state index in [1.165, 1.54) is 26.9 Å². The van der Waals surface area contributed by atoms with Crippen molar-refractivity contribution in [3.8, 4) is 0 Å². The van der Waals surface area contributed by atoms with Crippen molar-refractivity contribution in [2.45, 2.75) is 0 Å². The molecule has 4 aromatic rings. The lowest BCUT2D eigenvalue weighted by Gasteiger charge is -2.11. The molecule has 4 aromatic carbocycles. The van der Waals surface area contributed by atoms with E-state index >= 15 is 0 Å². The summed E-state index contributed by atoms with van der Waals surface area (Å²) < 4.78 is 8.70. The van der Waals surface area contributed by atoms with Crippen molar-refractivity contribution in [3.63, 3.8) is 0 Å². The molecule has 4 nitrogen and oxygen atoms in total. The number of benzene rings is 4. The first-order valence-corrected chi connectivity index (χ1v) is 8.19. The highest BCUT2D eigenvalue weighted by atomic mass is 31.1. The molecule has 0 saturated heterocycles. The summed E-state index contributed by atoms with van der Waals surface area (Å²) in [5.74, 6) is 0. The van der Waals surface area contributed by atoms with Crippen molar-refractivity contribution in [3.05, 3.63) is 66.7 Å². The number of nitrogens with two attached hydrogens (primary N) is 1. The predicted octanol–water partition coefficient (Wildman–Crippen LogP) is 4.36. The normalized spacial score (nSPS) is 10.5. The Balaban J connectivity index is 0.000000354. The monoisotopic (exact) mass is 324 g/mol. The van der Waals surface area contributed by atoms with Crippen LogP contribution in [0.2, 0.25) is 0 Å². The molecule has 4 N–H and O–H groups in total. The Morgan fingerprint density at radius 2 is 1.00 bits per heavy atom. The summed E-state index contributed by atoms with van der Waals surface area (Å²) in [6.07, 6.45) is 0. The topological polar surface area (TPSA) is 83.6 Å². The molecule has 0 radical (unpaired) electrons. The van der Waals surface area contributed by atoms with Gasteiger partial charge in [-0.3, -0.25) is 0 Å². The number of rotatable bonds is 0. The van der Waals surface area contributed by atoms with E-state index in [2.05, 4.69) is 54.6 Å². The van der Waals surface area contributed by atoms with Crippen molar-refractivity contribution < 1.29 is 14.4 Å². The Morgan fingerprint density at radius 3 is 1.48 bits per heavy atom. The largest absolute Gasteiger partial charge is 0.692 e.